The summed E-state index contributed by atoms with van der Waals surface area (Å²) in [5.41, 5.74) is 6.26. The van der Waals surface area contributed by atoms with Gasteiger partial charge in [-0.2, -0.15) is 10.5 Å². The van der Waals surface area contributed by atoms with Gasteiger partial charge in [0.05, 0.1) is 16.8 Å². The summed E-state index contributed by atoms with van der Waals surface area (Å²) in [5.74, 6) is 0. The Morgan fingerprint density at radius 2 is 1.64 bits per heavy atom. The number of nitrogens with two attached hydrogens (primary N) is 1. The van der Waals surface area contributed by atoms with E-state index in [1.165, 1.54) is 12.1 Å². The van der Waals surface area contributed by atoms with Gasteiger partial charge < -0.3 is 5.73 Å². The zero-order chi connectivity index (χ0) is 8.27. The van der Waals surface area contributed by atoms with Gasteiger partial charge in [-0.05, 0) is 18.2 Å². The minimum Gasteiger partial charge on any atom is -0.397 e. The first-order valence-corrected chi connectivity index (χ1v) is 2.89. The molecule has 51 valence electrons. The lowest BCUT2D eigenvalue weighted by Crippen LogP contribution is -1.93. The highest BCUT2D eigenvalue weighted by Crippen LogP contribution is 2.14. The highest BCUT2D eigenvalue weighted by atomic mass is 14.6. The van der Waals surface area contributed by atoms with E-state index in [0.29, 0.717) is 11.1 Å². The van der Waals surface area contributed by atoms with Gasteiger partial charge in [-0.15, -0.1) is 0 Å². The highest BCUT2D eigenvalue weighted by molar-refractivity contribution is 5.63. The molecule has 0 aliphatic heterocycles. The molecule has 0 aliphatic rings. The van der Waals surface area contributed by atoms with Crippen LogP contribution in [0, 0.1) is 28.7 Å². The van der Waals surface area contributed by atoms with Crippen molar-refractivity contribution in [3.05, 3.63) is 29.3 Å². The Morgan fingerprint density at radius 3 is 2.00 bits per heavy atom. The van der Waals surface area contributed by atoms with Crippen LogP contribution in [-0.2, 0) is 0 Å². The third-order valence-electron chi connectivity index (χ3n) is 1.28. The summed E-state index contributed by atoms with van der Waals surface area (Å²) in [6.07, 6.45) is 0. The van der Waals surface area contributed by atoms with Crippen molar-refractivity contribution in [2.24, 2.45) is 0 Å². The fourth-order valence-corrected chi connectivity index (χ4v) is 0.694. The van der Waals surface area contributed by atoms with E-state index in [1.54, 1.807) is 0 Å². The second-order valence-electron chi connectivity index (χ2n) is 1.92. The van der Waals surface area contributed by atoms with Crippen molar-refractivity contribution >= 4 is 5.69 Å². The summed E-state index contributed by atoms with van der Waals surface area (Å²) in [6.45, 7) is 0. The number of hydrogen-bond acceptors (Lipinski definition) is 3. The molecule has 0 fully saturated rings. The summed E-state index contributed by atoms with van der Waals surface area (Å²) in [5, 5.41) is 17.0. The van der Waals surface area contributed by atoms with Gasteiger partial charge in [-0.3, -0.25) is 0 Å². The Hall–Kier alpha value is -2.00. The molecule has 0 saturated carbocycles. The molecule has 1 rings (SSSR count). The SMILES string of the molecule is N#Cc1c[c]cc(C#N)c1N. The molecule has 3 nitrogen and oxygen atoms in total. The van der Waals surface area contributed by atoms with Crippen molar-refractivity contribution in [2.75, 3.05) is 5.73 Å². The first kappa shape index (κ1) is 7.11. The first-order chi connectivity index (χ1) is 5.29. The number of anilines is 1. The minimum atomic E-state index is 0.230. The molecule has 0 bridgehead atoms. The Labute approximate surface area is 64.3 Å². The quantitative estimate of drug-likeness (QED) is 0.545. The number of nitrogens with zero attached hydrogens (tertiary/aromatic N) is 2. The maximum atomic E-state index is 8.48. The molecule has 0 unspecified atom stereocenters. The topological polar surface area (TPSA) is 73.6 Å². The summed E-state index contributed by atoms with van der Waals surface area (Å²) in [7, 11) is 0. The van der Waals surface area contributed by atoms with E-state index in [-0.39, 0.29) is 5.69 Å². The van der Waals surface area contributed by atoms with Gasteiger partial charge in [-0.1, -0.05) is 0 Å². The summed E-state index contributed by atoms with van der Waals surface area (Å²) in [4.78, 5) is 0. The van der Waals surface area contributed by atoms with Crippen LogP contribution in [-0.4, -0.2) is 0 Å². The van der Waals surface area contributed by atoms with E-state index in [1.807, 2.05) is 12.1 Å². The monoisotopic (exact) mass is 142 g/mol. The van der Waals surface area contributed by atoms with Gasteiger partial charge in [-0.25, -0.2) is 0 Å². The maximum absolute atomic E-state index is 8.48. The van der Waals surface area contributed by atoms with Crippen molar-refractivity contribution in [3.63, 3.8) is 0 Å². The molecule has 1 aromatic rings. The zero-order valence-electron chi connectivity index (χ0n) is 5.63. The number of hydrogen-bond donors (Lipinski definition) is 1. The number of benzene rings is 1. The Kier molecular flexibility index (Phi) is 1.76. The van der Waals surface area contributed by atoms with Crippen molar-refractivity contribution < 1.29 is 0 Å². The fraction of sp³-hybridized carbons (Fsp3) is 0. The van der Waals surface area contributed by atoms with Crippen LogP contribution in [0.3, 0.4) is 0 Å². The van der Waals surface area contributed by atoms with E-state index in [0.717, 1.165) is 0 Å². The molecule has 1 aromatic carbocycles. The van der Waals surface area contributed by atoms with Crippen LogP contribution in [0.25, 0.3) is 0 Å². The second kappa shape index (κ2) is 2.72. The van der Waals surface area contributed by atoms with Crippen LogP contribution in [0.4, 0.5) is 5.69 Å². The smallest absolute Gasteiger partial charge is 0.101 e. The Bertz CT molecular complexity index is 322. The third-order valence-corrected chi connectivity index (χ3v) is 1.28. The molecule has 0 atom stereocenters. The first-order valence-electron chi connectivity index (χ1n) is 2.89. The third kappa shape index (κ3) is 1.12. The van der Waals surface area contributed by atoms with Gasteiger partial charge >= 0.3 is 0 Å². The van der Waals surface area contributed by atoms with Crippen molar-refractivity contribution in [2.45, 2.75) is 0 Å². The molecule has 0 aromatic heterocycles. The lowest BCUT2D eigenvalue weighted by Gasteiger charge is -1.96. The molecular weight excluding hydrogens is 138 g/mol. The lowest BCUT2D eigenvalue weighted by atomic mass is 10.1. The van der Waals surface area contributed by atoms with E-state index in [2.05, 4.69) is 6.07 Å². The maximum Gasteiger partial charge on any atom is 0.101 e. The van der Waals surface area contributed by atoms with Crippen LogP contribution >= 0.6 is 0 Å². The second-order valence-corrected chi connectivity index (χ2v) is 1.92. The Balaban J connectivity index is 3.38. The van der Waals surface area contributed by atoms with E-state index in [9.17, 15) is 0 Å². The van der Waals surface area contributed by atoms with Gasteiger partial charge in [0.25, 0.3) is 0 Å². The van der Waals surface area contributed by atoms with Crippen molar-refractivity contribution in [1.29, 1.82) is 10.5 Å². The lowest BCUT2D eigenvalue weighted by molar-refractivity contribution is 1.44. The highest BCUT2D eigenvalue weighted by Gasteiger charge is 2.01. The number of nitrogen functional groups attached to an aromatic ring is 1. The van der Waals surface area contributed by atoms with Crippen molar-refractivity contribution in [3.8, 4) is 12.1 Å². The normalized spacial score (nSPS) is 8.18. The molecule has 1 radical (unpaired) electrons. The fourth-order valence-electron chi connectivity index (χ4n) is 0.694. The Morgan fingerprint density at radius 1 is 1.18 bits per heavy atom. The number of rotatable bonds is 0. The molecular formula is C8H4N3. The van der Waals surface area contributed by atoms with Gasteiger partial charge in [0.1, 0.15) is 12.1 Å². The van der Waals surface area contributed by atoms with Crippen LogP contribution in [0.15, 0.2) is 12.1 Å². The minimum absolute atomic E-state index is 0.230. The van der Waals surface area contributed by atoms with E-state index >= 15 is 0 Å². The summed E-state index contributed by atoms with van der Waals surface area (Å²) < 4.78 is 0. The molecule has 3 heteroatoms. The largest absolute Gasteiger partial charge is 0.397 e. The molecule has 0 heterocycles. The summed E-state index contributed by atoms with van der Waals surface area (Å²) in [6, 6.07) is 9.28. The predicted molar refractivity (Wildman–Crippen MR) is 39.1 cm³/mol. The molecule has 2 N–H and O–H groups in total. The van der Waals surface area contributed by atoms with Crippen LogP contribution < -0.4 is 5.73 Å². The van der Waals surface area contributed by atoms with Crippen LogP contribution in [0.2, 0.25) is 0 Å². The summed E-state index contributed by atoms with van der Waals surface area (Å²) >= 11 is 0. The molecule has 11 heavy (non-hydrogen) atoms. The van der Waals surface area contributed by atoms with Gasteiger partial charge in [0, 0.05) is 0 Å². The molecule has 0 spiro atoms. The standard InChI is InChI=1S/C8H4N3/c9-4-6-2-1-3-7(5-10)8(6)11/h2-3H,11H2. The average Bonchev–Trinajstić information content (AvgIpc) is 2.05. The molecule has 0 aliphatic carbocycles. The zero-order valence-corrected chi connectivity index (χ0v) is 5.63. The van der Waals surface area contributed by atoms with Gasteiger partial charge in [0.15, 0.2) is 0 Å². The van der Waals surface area contributed by atoms with Crippen LogP contribution in [0.1, 0.15) is 11.1 Å². The molecule has 0 amide bonds. The van der Waals surface area contributed by atoms with Crippen LogP contribution in [0.5, 0.6) is 0 Å². The van der Waals surface area contributed by atoms with Crippen molar-refractivity contribution in [1.82, 2.24) is 0 Å². The van der Waals surface area contributed by atoms with Gasteiger partial charge in [0.2, 0.25) is 0 Å². The number of nitriles is 2. The molecule has 0 saturated heterocycles. The van der Waals surface area contributed by atoms with E-state index in [4.69, 9.17) is 16.3 Å². The predicted octanol–water partition coefficient (Wildman–Crippen LogP) is 0.812. The van der Waals surface area contributed by atoms with E-state index < -0.39 is 0 Å². The average molecular weight is 142 g/mol.